The zero-order chi connectivity index (χ0) is 33.6. The van der Waals surface area contributed by atoms with Crippen LogP contribution < -0.4 is 5.32 Å². The molecule has 1 heterocycles. The number of nitrogens with zero attached hydrogens (tertiary/aromatic N) is 2. The van der Waals surface area contributed by atoms with E-state index in [0.29, 0.717) is 17.5 Å². The average Bonchev–Trinajstić information content (AvgIpc) is 3.41. The minimum absolute atomic E-state index is 0.0369. The zero-order valence-electron chi connectivity index (χ0n) is 28.4. The van der Waals surface area contributed by atoms with E-state index in [1.165, 1.54) is 30.4 Å². The van der Waals surface area contributed by atoms with Crippen LogP contribution in [0.4, 0.5) is 5.69 Å². The lowest BCUT2D eigenvalue weighted by molar-refractivity contribution is -0.139. The first-order valence-corrected chi connectivity index (χ1v) is 17.4. The molecule has 1 aromatic heterocycles. The van der Waals surface area contributed by atoms with Crippen molar-refractivity contribution in [3.63, 3.8) is 0 Å². The minimum atomic E-state index is -1.15. The number of hydrogen-bond donors (Lipinski definition) is 2. The Morgan fingerprint density at radius 1 is 0.917 bits per heavy atom. The first kappa shape index (κ1) is 31.9. The lowest BCUT2D eigenvalue weighted by atomic mass is 9.49. The van der Waals surface area contributed by atoms with Gasteiger partial charge in [0.15, 0.2) is 0 Å². The van der Waals surface area contributed by atoms with E-state index in [-0.39, 0.29) is 10.8 Å². The van der Waals surface area contributed by atoms with E-state index >= 15 is 0 Å². The highest BCUT2D eigenvalue weighted by atomic mass is 16.4. The molecular weight excluding hydrogens is 594 g/mol. The largest absolute Gasteiger partial charge is 0.481 e. The van der Waals surface area contributed by atoms with Crippen LogP contribution in [0.3, 0.4) is 0 Å². The lowest BCUT2D eigenvalue weighted by Gasteiger charge is -2.56. The highest BCUT2D eigenvalue weighted by Gasteiger charge is 2.52. The van der Waals surface area contributed by atoms with Crippen LogP contribution in [0.5, 0.6) is 0 Å². The quantitative estimate of drug-likeness (QED) is 0.166. The van der Waals surface area contributed by atoms with Crippen LogP contribution >= 0.6 is 0 Å². The van der Waals surface area contributed by atoms with Gasteiger partial charge < -0.3 is 15.0 Å². The molecule has 0 unspecified atom stereocenters. The molecule has 1 fully saturated rings. The Balaban J connectivity index is 1.31. The smallest absolute Gasteiger partial charge is 0.312 e. The Hall–Kier alpha value is -4.71. The molecule has 2 N–H and O–H groups in total. The summed E-state index contributed by atoms with van der Waals surface area (Å²) in [6.07, 6.45) is 5.25. The summed E-state index contributed by atoms with van der Waals surface area (Å²) < 4.78 is 2.41. The number of anilines is 1. The van der Waals surface area contributed by atoms with E-state index in [1.807, 2.05) is 24.3 Å². The summed E-state index contributed by atoms with van der Waals surface area (Å²) in [4.78, 5) is 28.8. The van der Waals surface area contributed by atoms with E-state index in [1.54, 1.807) is 11.6 Å². The van der Waals surface area contributed by atoms with Gasteiger partial charge in [0.05, 0.1) is 11.0 Å². The van der Waals surface area contributed by atoms with Crippen molar-refractivity contribution in [2.45, 2.75) is 84.1 Å². The SMILES string of the molecule is CC(C)c1ccc2c(c1)CC[C@H]1[C@@](C)(Cn3c(-c4cccc(NC(=O)CC(=O)O)c4)nc4cc(-c5ccccc5)ccc43)CCC[C@]21C. The van der Waals surface area contributed by atoms with Crippen LogP contribution in [0.15, 0.2) is 91.0 Å². The molecule has 48 heavy (non-hydrogen) atoms. The van der Waals surface area contributed by atoms with Crippen LogP contribution in [0.25, 0.3) is 33.5 Å². The number of amides is 1. The Labute approximate surface area is 283 Å². The number of aryl methyl sites for hydroxylation is 1. The van der Waals surface area contributed by atoms with Crippen molar-refractivity contribution in [3.05, 3.63) is 108 Å². The summed E-state index contributed by atoms with van der Waals surface area (Å²) in [5.41, 5.74) is 10.4. The van der Waals surface area contributed by atoms with Crippen molar-refractivity contribution < 1.29 is 14.7 Å². The van der Waals surface area contributed by atoms with Crippen molar-refractivity contribution >= 4 is 28.6 Å². The van der Waals surface area contributed by atoms with Crippen LogP contribution in [-0.4, -0.2) is 26.5 Å². The van der Waals surface area contributed by atoms with Gasteiger partial charge in [-0.25, -0.2) is 4.98 Å². The van der Waals surface area contributed by atoms with E-state index in [0.717, 1.165) is 52.9 Å². The number of hydrogen-bond acceptors (Lipinski definition) is 3. The number of rotatable bonds is 8. The van der Waals surface area contributed by atoms with E-state index in [9.17, 15) is 9.59 Å². The lowest BCUT2D eigenvalue weighted by Crippen LogP contribution is -2.50. The fraction of sp³-hybridized carbons (Fsp3) is 0.357. The molecule has 0 radical (unpaired) electrons. The van der Waals surface area contributed by atoms with Crippen LogP contribution in [0.1, 0.15) is 82.4 Å². The summed E-state index contributed by atoms with van der Waals surface area (Å²) in [5, 5.41) is 11.9. The molecule has 0 spiro atoms. The van der Waals surface area contributed by atoms with Crippen LogP contribution in [-0.2, 0) is 28.0 Å². The molecule has 4 aromatic carbocycles. The summed E-state index contributed by atoms with van der Waals surface area (Å²) in [5.74, 6) is 0.199. The number of aromatic nitrogens is 2. The third kappa shape index (κ3) is 5.82. The van der Waals surface area contributed by atoms with Crippen molar-refractivity contribution in [1.82, 2.24) is 9.55 Å². The molecule has 6 heteroatoms. The highest BCUT2D eigenvalue weighted by Crippen LogP contribution is 2.58. The number of carboxylic acids is 1. The highest BCUT2D eigenvalue weighted by molar-refractivity contribution is 6.01. The predicted molar refractivity (Wildman–Crippen MR) is 193 cm³/mol. The van der Waals surface area contributed by atoms with Gasteiger partial charge in [-0.3, -0.25) is 9.59 Å². The maximum Gasteiger partial charge on any atom is 0.312 e. The number of fused-ring (bicyclic) bond motifs is 4. The topological polar surface area (TPSA) is 84.2 Å². The van der Waals surface area contributed by atoms with Crippen LogP contribution in [0.2, 0.25) is 0 Å². The van der Waals surface area contributed by atoms with Crippen molar-refractivity contribution in [2.24, 2.45) is 11.3 Å². The number of carboxylic acid groups (broad SMARTS) is 1. The zero-order valence-corrected chi connectivity index (χ0v) is 28.4. The monoisotopic (exact) mass is 639 g/mol. The number of carbonyl (C=O) groups excluding carboxylic acids is 1. The molecule has 5 aromatic rings. The van der Waals surface area contributed by atoms with Gasteiger partial charge in [0.1, 0.15) is 12.2 Å². The van der Waals surface area contributed by atoms with Gasteiger partial charge in [-0.05, 0) is 100 Å². The summed E-state index contributed by atoms with van der Waals surface area (Å²) in [6.45, 7) is 10.4. The van der Waals surface area contributed by atoms with Gasteiger partial charge in [-0.15, -0.1) is 0 Å². The molecule has 0 aliphatic heterocycles. The summed E-state index contributed by atoms with van der Waals surface area (Å²) in [6, 6.07) is 31.9. The summed E-state index contributed by atoms with van der Waals surface area (Å²) in [7, 11) is 0. The van der Waals surface area contributed by atoms with Gasteiger partial charge >= 0.3 is 5.97 Å². The molecule has 0 saturated heterocycles. The Bertz CT molecular complexity index is 2010. The first-order chi connectivity index (χ1) is 23.0. The minimum Gasteiger partial charge on any atom is -0.481 e. The van der Waals surface area contributed by atoms with Gasteiger partial charge in [0.25, 0.3) is 0 Å². The standard InChI is InChI=1S/C42H45N3O3/c1-27(2)29-14-17-34-31(22-29)16-19-37-41(3,20-9-21-42(34,37)4)26-45-36-18-15-30(28-10-6-5-7-11-28)24-35(36)44-40(45)32-12-8-13-33(23-32)43-38(46)25-39(47)48/h5-8,10-15,17-18,22-24,27,37H,9,16,19-21,25-26H2,1-4H3,(H,43,46)(H,47,48)/t37-,41+,42+/m0/s1. The number of aliphatic carboxylic acids is 1. The average molecular weight is 640 g/mol. The fourth-order valence-corrected chi connectivity index (χ4v) is 8.95. The second-order valence-corrected chi connectivity index (χ2v) is 14.9. The molecular formula is C42H45N3O3. The van der Waals surface area contributed by atoms with Crippen molar-refractivity contribution in [1.29, 1.82) is 0 Å². The molecule has 6 nitrogen and oxygen atoms in total. The summed E-state index contributed by atoms with van der Waals surface area (Å²) >= 11 is 0. The normalized spacial score (nSPS) is 21.9. The Kier molecular flexibility index (Phi) is 8.22. The third-order valence-electron chi connectivity index (χ3n) is 11.3. The third-order valence-corrected chi connectivity index (χ3v) is 11.3. The number of imidazole rings is 1. The maximum atomic E-state index is 12.3. The van der Waals surface area contributed by atoms with Crippen molar-refractivity contribution in [2.75, 3.05) is 5.32 Å². The van der Waals surface area contributed by atoms with Crippen LogP contribution in [0, 0.1) is 11.3 Å². The Morgan fingerprint density at radius 3 is 2.48 bits per heavy atom. The van der Waals surface area contributed by atoms with Gasteiger partial charge in [0.2, 0.25) is 5.91 Å². The fourth-order valence-electron chi connectivity index (χ4n) is 8.95. The predicted octanol–water partition coefficient (Wildman–Crippen LogP) is 9.62. The van der Waals surface area contributed by atoms with Gasteiger partial charge in [-0.2, -0.15) is 0 Å². The van der Waals surface area contributed by atoms with Gasteiger partial charge in [0, 0.05) is 17.8 Å². The second kappa shape index (κ2) is 12.4. The number of benzene rings is 4. The molecule has 0 bridgehead atoms. The molecule has 1 amide bonds. The molecule has 7 rings (SSSR count). The first-order valence-electron chi connectivity index (χ1n) is 17.4. The number of carbonyl (C=O) groups is 2. The number of nitrogens with one attached hydrogen (secondary N) is 1. The second-order valence-electron chi connectivity index (χ2n) is 14.9. The van der Waals surface area contributed by atoms with E-state index < -0.39 is 18.3 Å². The molecule has 3 atom stereocenters. The maximum absolute atomic E-state index is 12.3. The molecule has 1 saturated carbocycles. The molecule has 246 valence electrons. The van der Waals surface area contributed by atoms with E-state index in [2.05, 4.69) is 98.2 Å². The van der Waals surface area contributed by atoms with Crippen molar-refractivity contribution in [3.8, 4) is 22.5 Å². The van der Waals surface area contributed by atoms with E-state index in [4.69, 9.17) is 10.1 Å². The molecule has 2 aliphatic rings. The molecule has 2 aliphatic carbocycles. The Morgan fingerprint density at radius 2 is 1.71 bits per heavy atom. The van der Waals surface area contributed by atoms with Gasteiger partial charge in [-0.1, -0.05) is 101 Å².